The second kappa shape index (κ2) is 5.95. The van der Waals surface area contributed by atoms with E-state index >= 15 is 0 Å². The van der Waals surface area contributed by atoms with E-state index in [0.717, 1.165) is 19.5 Å². The number of nitrogens with zero attached hydrogens (tertiary/aromatic N) is 2. The summed E-state index contributed by atoms with van der Waals surface area (Å²) >= 11 is 0. The van der Waals surface area contributed by atoms with E-state index in [9.17, 15) is 9.18 Å². The number of carbonyl (C=O) groups is 1. The Bertz CT molecular complexity index is 636. The molecule has 0 aromatic heterocycles. The van der Waals surface area contributed by atoms with Crippen LogP contribution in [0.2, 0.25) is 0 Å². The first-order valence-corrected chi connectivity index (χ1v) is 8.18. The van der Waals surface area contributed by atoms with Crippen LogP contribution in [-0.2, 0) is 9.63 Å². The molecule has 2 aliphatic rings. The van der Waals surface area contributed by atoms with Crippen LogP contribution in [0.25, 0.3) is 0 Å². The van der Waals surface area contributed by atoms with E-state index in [4.69, 9.17) is 4.84 Å². The fourth-order valence-electron chi connectivity index (χ4n) is 3.66. The molecule has 1 amide bonds. The van der Waals surface area contributed by atoms with Crippen LogP contribution in [0.3, 0.4) is 0 Å². The highest BCUT2D eigenvalue weighted by Gasteiger charge is 2.46. The van der Waals surface area contributed by atoms with Crippen molar-refractivity contribution in [1.82, 2.24) is 4.90 Å². The molecular weight excluding hydrogens is 295 g/mol. The second-order valence-electron chi connectivity index (χ2n) is 7.17. The Balaban J connectivity index is 1.75. The fourth-order valence-corrected chi connectivity index (χ4v) is 3.66. The number of oxime groups is 1. The van der Waals surface area contributed by atoms with Crippen molar-refractivity contribution < 1.29 is 14.0 Å². The number of amides is 1. The summed E-state index contributed by atoms with van der Waals surface area (Å²) < 4.78 is 13.9. The van der Waals surface area contributed by atoms with E-state index < -0.39 is 5.60 Å². The van der Waals surface area contributed by atoms with Gasteiger partial charge in [-0.1, -0.05) is 37.2 Å². The van der Waals surface area contributed by atoms with Crippen LogP contribution in [-0.4, -0.2) is 35.2 Å². The molecule has 1 saturated heterocycles. The first-order chi connectivity index (χ1) is 10.9. The first-order valence-electron chi connectivity index (χ1n) is 8.18. The zero-order chi connectivity index (χ0) is 16.6. The maximum atomic E-state index is 13.9. The zero-order valence-corrected chi connectivity index (χ0v) is 13.9. The molecule has 1 aromatic rings. The SMILES string of the molecule is C[C@@H]1C[C@@H](C)CN(C(=O)[C@@]2(C)CC(c3ccccc3F)=NO2)C1. The number of hydrogen-bond donors (Lipinski definition) is 0. The molecule has 23 heavy (non-hydrogen) atoms. The van der Waals surface area contributed by atoms with Crippen LogP contribution in [0.15, 0.2) is 29.4 Å². The van der Waals surface area contributed by atoms with Crippen molar-refractivity contribution in [2.45, 2.75) is 39.2 Å². The standard InChI is InChI=1S/C18H23FN2O2/c1-12-8-13(2)11-21(10-12)17(22)18(3)9-16(20-23-18)14-6-4-5-7-15(14)19/h4-7,12-13H,8-11H2,1-3H3/t12-,13-,18-/m1/s1. The summed E-state index contributed by atoms with van der Waals surface area (Å²) in [5.74, 6) is 0.581. The highest BCUT2D eigenvalue weighted by molar-refractivity contribution is 6.05. The molecule has 0 spiro atoms. The predicted octanol–water partition coefficient (Wildman–Crippen LogP) is 3.21. The van der Waals surface area contributed by atoms with E-state index in [1.165, 1.54) is 6.07 Å². The van der Waals surface area contributed by atoms with Crippen molar-refractivity contribution >= 4 is 11.6 Å². The average molecular weight is 318 g/mol. The van der Waals surface area contributed by atoms with Crippen molar-refractivity contribution in [3.63, 3.8) is 0 Å². The summed E-state index contributed by atoms with van der Waals surface area (Å²) in [6, 6.07) is 6.45. The summed E-state index contributed by atoms with van der Waals surface area (Å²) in [6.07, 6.45) is 1.43. The van der Waals surface area contributed by atoms with Crippen molar-refractivity contribution in [2.75, 3.05) is 13.1 Å². The highest BCUT2D eigenvalue weighted by atomic mass is 19.1. The van der Waals surface area contributed by atoms with Gasteiger partial charge < -0.3 is 9.74 Å². The van der Waals surface area contributed by atoms with Crippen LogP contribution in [0, 0.1) is 17.7 Å². The van der Waals surface area contributed by atoms with Gasteiger partial charge in [0.25, 0.3) is 5.91 Å². The molecule has 1 aromatic carbocycles. The molecule has 0 aliphatic carbocycles. The number of halogens is 1. The lowest BCUT2D eigenvalue weighted by molar-refractivity contribution is -0.156. The molecular formula is C18H23FN2O2. The normalized spacial score (nSPS) is 30.8. The number of benzene rings is 1. The Morgan fingerprint density at radius 2 is 1.96 bits per heavy atom. The van der Waals surface area contributed by atoms with Gasteiger partial charge in [-0.3, -0.25) is 4.79 Å². The van der Waals surface area contributed by atoms with Gasteiger partial charge in [0, 0.05) is 25.1 Å². The van der Waals surface area contributed by atoms with Gasteiger partial charge in [-0.05, 0) is 31.2 Å². The lowest BCUT2D eigenvalue weighted by Gasteiger charge is -2.38. The van der Waals surface area contributed by atoms with E-state index in [2.05, 4.69) is 19.0 Å². The zero-order valence-electron chi connectivity index (χ0n) is 13.9. The third-order valence-corrected chi connectivity index (χ3v) is 4.66. The second-order valence-corrected chi connectivity index (χ2v) is 7.17. The van der Waals surface area contributed by atoms with Crippen molar-refractivity contribution in [1.29, 1.82) is 0 Å². The predicted molar refractivity (Wildman–Crippen MR) is 86.6 cm³/mol. The fraction of sp³-hybridized carbons (Fsp3) is 0.556. The molecule has 0 N–H and O–H groups in total. The molecule has 0 saturated carbocycles. The molecule has 1 fully saturated rings. The number of carbonyl (C=O) groups excluding carboxylic acids is 1. The van der Waals surface area contributed by atoms with Crippen LogP contribution >= 0.6 is 0 Å². The molecule has 5 heteroatoms. The van der Waals surface area contributed by atoms with Crippen molar-refractivity contribution in [3.05, 3.63) is 35.6 Å². The lowest BCUT2D eigenvalue weighted by atomic mass is 9.89. The van der Waals surface area contributed by atoms with E-state index in [-0.39, 0.29) is 11.7 Å². The topological polar surface area (TPSA) is 41.9 Å². The van der Waals surface area contributed by atoms with Crippen molar-refractivity contribution in [3.8, 4) is 0 Å². The molecule has 2 aliphatic heterocycles. The molecule has 0 bridgehead atoms. The minimum Gasteiger partial charge on any atom is -0.379 e. The average Bonchev–Trinajstić information content (AvgIpc) is 2.89. The smallest absolute Gasteiger partial charge is 0.269 e. The molecule has 0 unspecified atom stereocenters. The minimum absolute atomic E-state index is 0.0500. The molecule has 124 valence electrons. The first kappa shape index (κ1) is 16.0. The summed E-state index contributed by atoms with van der Waals surface area (Å²) in [5.41, 5.74) is -0.129. The maximum Gasteiger partial charge on any atom is 0.269 e. The Hall–Kier alpha value is -1.91. The van der Waals surface area contributed by atoms with Crippen molar-refractivity contribution in [2.24, 2.45) is 17.0 Å². The number of piperidine rings is 1. The van der Waals surface area contributed by atoms with E-state index in [0.29, 0.717) is 29.5 Å². The van der Waals surface area contributed by atoms with Gasteiger partial charge in [0.05, 0.1) is 5.71 Å². The van der Waals surface area contributed by atoms with Gasteiger partial charge in [-0.15, -0.1) is 0 Å². The quantitative estimate of drug-likeness (QED) is 0.840. The third kappa shape index (κ3) is 3.09. The monoisotopic (exact) mass is 318 g/mol. The Labute approximate surface area is 136 Å². The third-order valence-electron chi connectivity index (χ3n) is 4.66. The van der Waals surface area contributed by atoms with Gasteiger partial charge in [0.1, 0.15) is 5.82 Å². The van der Waals surface area contributed by atoms with Crippen LogP contribution in [0.4, 0.5) is 4.39 Å². The lowest BCUT2D eigenvalue weighted by Crippen LogP contribution is -2.52. The number of rotatable bonds is 2. The summed E-state index contributed by atoms with van der Waals surface area (Å²) in [7, 11) is 0. The molecule has 4 nitrogen and oxygen atoms in total. The number of hydrogen-bond acceptors (Lipinski definition) is 3. The molecule has 2 heterocycles. The van der Waals surface area contributed by atoms with Gasteiger partial charge >= 0.3 is 0 Å². The van der Waals surface area contributed by atoms with E-state index in [1.54, 1.807) is 25.1 Å². The summed E-state index contributed by atoms with van der Waals surface area (Å²) in [4.78, 5) is 20.3. The minimum atomic E-state index is -1.03. The van der Waals surface area contributed by atoms with Gasteiger partial charge in [-0.25, -0.2) is 4.39 Å². The van der Waals surface area contributed by atoms with Crippen LogP contribution in [0.5, 0.6) is 0 Å². The Morgan fingerprint density at radius 1 is 1.30 bits per heavy atom. The highest BCUT2D eigenvalue weighted by Crippen LogP contribution is 2.31. The molecule has 3 atom stereocenters. The summed E-state index contributed by atoms with van der Waals surface area (Å²) in [5, 5.41) is 4.00. The largest absolute Gasteiger partial charge is 0.379 e. The Morgan fingerprint density at radius 3 is 2.61 bits per heavy atom. The summed E-state index contributed by atoms with van der Waals surface area (Å²) in [6.45, 7) is 7.56. The maximum absolute atomic E-state index is 13.9. The number of likely N-dealkylation sites (tertiary alicyclic amines) is 1. The molecule has 0 radical (unpaired) electrons. The van der Waals surface area contributed by atoms with Crippen LogP contribution < -0.4 is 0 Å². The molecule has 3 rings (SSSR count). The van der Waals surface area contributed by atoms with E-state index in [1.807, 2.05) is 4.90 Å². The van der Waals surface area contributed by atoms with Gasteiger partial charge in [0.2, 0.25) is 5.60 Å². The van der Waals surface area contributed by atoms with Crippen LogP contribution in [0.1, 0.15) is 39.2 Å². The van der Waals surface area contributed by atoms with Gasteiger partial charge in [0.15, 0.2) is 0 Å². The Kier molecular flexibility index (Phi) is 4.13. The van der Waals surface area contributed by atoms with Gasteiger partial charge in [-0.2, -0.15) is 0 Å².